The minimum Gasteiger partial charge on any atom is -0.493 e. The number of fused-ring (bicyclic) bond motifs is 1. The minimum atomic E-state index is -0.517. The van der Waals surface area contributed by atoms with E-state index in [-0.39, 0.29) is 12.0 Å². The fourth-order valence-corrected chi connectivity index (χ4v) is 4.93. The number of aliphatic hydroxyl groups is 1. The fraction of sp³-hybridized carbons (Fsp3) is 0.682. The third-order valence-corrected chi connectivity index (χ3v) is 6.59. The molecule has 4 rings (SSSR count). The maximum absolute atomic E-state index is 12.8. The summed E-state index contributed by atoms with van der Waals surface area (Å²) in [5.74, 6) is 2.82. The fourth-order valence-electron chi connectivity index (χ4n) is 4.93. The highest BCUT2D eigenvalue weighted by Crippen LogP contribution is 2.39. The zero-order valence-electron chi connectivity index (χ0n) is 16.6. The Morgan fingerprint density at radius 3 is 2.54 bits per heavy atom. The van der Waals surface area contributed by atoms with E-state index in [0.29, 0.717) is 42.1 Å². The number of hydrogen-bond acceptors (Lipinski definition) is 5. The highest BCUT2D eigenvalue weighted by Gasteiger charge is 2.44. The summed E-state index contributed by atoms with van der Waals surface area (Å²) < 4.78 is 16.9. The number of likely N-dealkylation sites (tertiary alicyclic amines) is 1. The minimum absolute atomic E-state index is 0.261. The maximum atomic E-state index is 12.8. The molecule has 1 amide bonds. The highest BCUT2D eigenvalue weighted by molar-refractivity contribution is 5.76. The average Bonchev–Trinajstić information content (AvgIpc) is 3.12. The van der Waals surface area contributed by atoms with Crippen molar-refractivity contribution in [3.63, 3.8) is 0 Å². The van der Waals surface area contributed by atoms with Gasteiger partial charge >= 0.3 is 0 Å². The Morgan fingerprint density at radius 2 is 1.82 bits per heavy atom. The van der Waals surface area contributed by atoms with Crippen LogP contribution in [0.1, 0.15) is 32.1 Å². The van der Waals surface area contributed by atoms with Crippen LogP contribution in [0.3, 0.4) is 0 Å². The normalized spacial score (nSPS) is 30.7. The number of methoxy groups -OCH3 is 1. The van der Waals surface area contributed by atoms with Gasteiger partial charge in [-0.3, -0.25) is 4.79 Å². The molecule has 2 saturated heterocycles. The van der Waals surface area contributed by atoms with Crippen molar-refractivity contribution >= 4 is 5.91 Å². The van der Waals surface area contributed by atoms with E-state index >= 15 is 0 Å². The summed E-state index contributed by atoms with van der Waals surface area (Å²) in [5.41, 5.74) is 0. The third-order valence-electron chi connectivity index (χ3n) is 6.59. The summed E-state index contributed by atoms with van der Waals surface area (Å²) in [6.07, 6.45) is 3.28. The van der Waals surface area contributed by atoms with Crippen LogP contribution < -0.4 is 9.47 Å². The van der Waals surface area contributed by atoms with Crippen LogP contribution in [-0.2, 0) is 9.53 Å². The lowest BCUT2D eigenvalue weighted by Crippen LogP contribution is -2.42. The van der Waals surface area contributed by atoms with Gasteiger partial charge in [-0.25, -0.2) is 0 Å². The van der Waals surface area contributed by atoms with Gasteiger partial charge in [-0.2, -0.15) is 0 Å². The largest absolute Gasteiger partial charge is 0.493 e. The van der Waals surface area contributed by atoms with E-state index in [1.165, 1.54) is 0 Å². The molecule has 1 N–H and O–H groups in total. The zero-order valence-corrected chi connectivity index (χ0v) is 16.6. The molecule has 1 aromatic rings. The van der Waals surface area contributed by atoms with Crippen LogP contribution in [0, 0.1) is 17.8 Å². The Balaban J connectivity index is 1.35. The topological polar surface area (TPSA) is 68.2 Å². The van der Waals surface area contributed by atoms with Gasteiger partial charge in [-0.05, 0) is 55.6 Å². The molecule has 2 aliphatic heterocycles. The number of para-hydroxylation sites is 2. The van der Waals surface area contributed by atoms with Gasteiger partial charge in [-0.1, -0.05) is 12.1 Å². The van der Waals surface area contributed by atoms with Crippen LogP contribution in [0.25, 0.3) is 0 Å². The monoisotopic (exact) mass is 389 g/mol. The van der Waals surface area contributed by atoms with Crippen molar-refractivity contribution in [2.75, 3.05) is 33.4 Å². The summed E-state index contributed by atoms with van der Waals surface area (Å²) in [6, 6.07) is 7.54. The van der Waals surface area contributed by atoms with Gasteiger partial charge in [0.05, 0.1) is 13.2 Å². The molecule has 2 heterocycles. The lowest BCUT2D eigenvalue weighted by molar-refractivity contribution is -0.132. The second-order valence-electron chi connectivity index (χ2n) is 8.42. The number of ether oxygens (including phenoxy) is 3. The number of amides is 1. The summed E-state index contributed by atoms with van der Waals surface area (Å²) >= 11 is 0. The number of benzene rings is 1. The summed E-state index contributed by atoms with van der Waals surface area (Å²) in [7, 11) is 1.62. The van der Waals surface area contributed by atoms with Crippen LogP contribution in [0.15, 0.2) is 24.3 Å². The standard InChI is InChI=1S/C22H31NO5/c1-26-19-4-2-3-5-20(19)28-21-12-17-14-23(13-16(17)11-18(21)24)22(25)10-15-6-8-27-9-7-15/h2-5,15-18,21,24H,6-14H2,1H3/t16-,17+,18+,21+/m0/s1. The molecule has 0 bridgehead atoms. The first-order chi connectivity index (χ1) is 13.6. The molecule has 6 heteroatoms. The van der Waals surface area contributed by atoms with Crippen molar-refractivity contribution in [3.8, 4) is 11.5 Å². The predicted octanol–water partition coefficient (Wildman–Crippen LogP) is 2.49. The molecule has 0 aromatic heterocycles. The Labute approximate surface area is 166 Å². The number of hydrogen-bond donors (Lipinski definition) is 1. The average molecular weight is 389 g/mol. The first kappa shape index (κ1) is 19.5. The second-order valence-corrected chi connectivity index (χ2v) is 8.42. The third kappa shape index (κ3) is 4.28. The Morgan fingerprint density at radius 1 is 1.14 bits per heavy atom. The molecule has 0 unspecified atom stereocenters. The molecule has 154 valence electrons. The molecule has 6 nitrogen and oxygen atoms in total. The van der Waals surface area contributed by atoms with E-state index in [4.69, 9.17) is 14.2 Å². The molecule has 3 aliphatic rings. The van der Waals surface area contributed by atoms with E-state index < -0.39 is 6.10 Å². The number of rotatable bonds is 5. The Hall–Kier alpha value is -1.79. The van der Waals surface area contributed by atoms with E-state index in [1.807, 2.05) is 29.2 Å². The van der Waals surface area contributed by atoms with Crippen LogP contribution in [0.2, 0.25) is 0 Å². The van der Waals surface area contributed by atoms with Gasteiger partial charge in [-0.15, -0.1) is 0 Å². The van der Waals surface area contributed by atoms with E-state index in [9.17, 15) is 9.90 Å². The molecule has 0 radical (unpaired) electrons. The molecule has 3 fully saturated rings. The SMILES string of the molecule is COc1ccccc1O[C@@H]1C[C@@H]2CN(C(=O)CC3CCOCC3)C[C@@H]2C[C@H]1O. The Kier molecular flexibility index (Phi) is 6.07. The molecule has 1 saturated carbocycles. The molecule has 0 spiro atoms. The molecular weight excluding hydrogens is 358 g/mol. The first-order valence-corrected chi connectivity index (χ1v) is 10.5. The summed E-state index contributed by atoms with van der Waals surface area (Å²) in [6.45, 7) is 3.10. The molecule has 4 atom stereocenters. The lowest BCUT2D eigenvalue weighted by Gasteiger charge is -2.35. The van der Waals surface area contributed by atoms with Gasteiger partial charge in [0.1, 0.15) is 6.10 Å². The van der Waals surface area contributed by atoms with Crippen molar-refractivity contribution < 1.29 is 24.1 Å². The van der Waals surface area contributed by atoms with E-state index in [1.54, 1.807) is 7.11 Å². The van der Waals surface area contributed by atoms with Crippen LogP contribution >= 0.6 is 0 Å². The van der Waals surface area contributed by atoms with Crippen molar-refractivity contribution in [2.45, 2.75) is 44.3 Å². The van der Waals surface area contributed by atoms with Crippen LogP contribution in [0.4, 0.5) is 0 Å². The van der Waals surface area contributed by atoms with Crippen molar-refractivity contribution in [3.05, 3.63) is 24.3 Å². The van der Waals surface area contributed by atoms with Gasteiger partial charge in [0.15, 0.2) is 11.5 Å². The van der Waals surface area contributed by atoms with Crippen molar-refractivity contribution in [2.24, 2.45) is 17.8 Å². The highest BCUT2D eigenvalue weighted by atomic mass is 16.5. The molecule has 1 aliphatic carbocycles. The second kappa shape index (κ2) is 8.70. The van der Waals surface area contributed by atoms with Crippen LogP contribution in [0.5, 0.6) is 11.5 Å². The summed E-state index contributed by atoms with van der Waals surface area (Å²) in [4.78, 5) is 14.8. The smallest absolute Gasteiger partial charge is 0.222 e. The van der Waals surface area contributed by atoms with Gasteiger partial charge in [0.2, 0.25) is 5.91 Å². The van der Waals surface area contributed by atoms with Crippen molar-refractivity contribution in [1.82, 2.24) is 4.90 Å². The number of nitrogens with zero attached hydrogens (tertiary/aromatic N) is 1. The first-order valence-electron chi connectivity index (χ1n) is 10.5. The lowest BCUT2D eigenvalue weighted by atomic mass is 9.78. The van der Waals surface area contributed by atoms with Gasteiger partial charge < -0.3 is 24.2 Å². The molecule has 1 aromatic carbocycles. The summed E-state index contributed by atoms with van der Waals surface area (Å²) in [5, 5.41) is 10.6. The molecular formula is C22H31NO5. The van der Waals surface area contributed by atoms with Crippen LogP contribution in [-0.4, -0.2) is 61.5 Å². The van der Waals surface area contributed by atoms with Gasteiger partial charge in [0, 0.05) is 32.7 Å². The predicted molar refractivity (Wildman–Crippen MR) is 104 cm³/mol. The van der Waals surface area contributed by atoms with E-state index in [2.05, 4.69) is 0 Å². The number of aliphatic hydroxyl groups excluding tert-OH is 1. The van der Waals surface area contributed by atoms with E-state index in [0.717, 1.165) is 45.6 Å². The van der Waals surface area contributed by atoms with Gasteiger partial charge in [0.25, 0.3) is 0 Å². The quantitative estimate of drug-likeness (QED) is 0.838. The number of carbonyl (C=O) groups excluding carboxylic acids is 1. The zero-order chi connectivity index (χ0) is 19.5. The maximum Gasteiger partial charge on any atom is 0.222 e. The van der Waals surface area contributed by atoms with Crippen molar-refractivity contribution in [1.29, 1.82) is 0 Å². The molecule has 28 heavy (non-hydrogen) atoms. The Bertz CT molecular complexity index is 675. The number of carbonyl (C=O) groups is 1.